The first kappa shape index (κ1) is 23.6. The lowest BCUT2D eigenvalue weighted by Crippen LogP contribution is -2.16. The van der Waals surface area contributed by atoms with Gasteiger partial charge in [0.05, 0.1) is 36.1 Å². The van der Waals surface area contributed by atoms with Gasteiger partial charge in [0.1, 0.15) is 5.75 Å². The topological polar surface area (TPSA) is 56.8 Å². The number of benzene rings is 2. The molecular weight excluding hydrogens is 467 g/mol. The lowest BCUT2D eigenvalue weighted by molar-refractivity contribution is 0.213. The van der Waals surface area contributed by atoms with E-state index in [0.29, 0.717) is 32.1 Å². The Bertz CT molecular complexity index is 871. The second kappa shape index (κ2) is 10.4. The van der Waals surface area contributed by atoms with E-state index in [1.807, 2.05) is 0 Å². The van der Waals surface area contributed by atoms with Gasteiger partial charge in [0, 0.05) is 15.6 Å². The maximum absolute atomic E-state index is 13.7. The largest absolute Gasteiger partial charge is 0.495 e. The Morgan fingerprint density at radius 3 is 2.11 bits per heavy atom. The van der Waals surface area contributed by atoms with Crippen LogP contribution in [0, 0.1) is 0 Å². The third-order valence-electron chi connectivity index (χ3n) is 3.69. The van der Waals surface area contributed by atoms with Crippen molar-refractivity contribution in [3.8, 4) is 5.75 Å². The van der Waals surface area contributed by atoms with Gasteiger partial charge in [-0.2, -0.15) is 0 Å². The summed E-state index contributed by atoms with van der Waals surface area (Å²) in [4.78, 5) is 0. The number of hydrogen-bond donors (Lipinski definition) is 1. The Kier molecular flexibility index (Phi) is 8.78. The van der Waals surface area contributed by atoms with Crippen LogP contribution < -0.4 is 10.1 Å². The predicted octanol–water partition coefficient (Wildman–Crippen LogP) is 7.69. The average molecular weight is 487 g/mol. The van der Waals surface area contributed by atoms with Crippen molar-refractivity contribution in [2.75, 3.05) is 25.6 Å². The smallest absolute Gasteiger partial charge is 0.357 e. The summed E-state index contributed by atoms with van der Waals surface area (Å²) in [5.74, 6) is -0.689. The molecule has 0 saturated heterocycles. The molecule has 0 spiro atoms. The first-order chi connectivity index (χ1) is 13.3. The van der Waals surface area contributed by atoms with Crippen molar-refractivity contribution >= 4 is 59.7 Å². The van der Waals surface area contributed by atoms with Gasteiger partial charge in [0.25, 0.3) is 0 Å². The minimum atomic E-state index is -3.73. The fourth-order valence-corrected chi connectivity index (χ4v) is 5.60. The lowest BCUT2D eigenvalue weighted by Gasteiger charge is -2.29. The molecule has 0 unspecified atom stereocenters. The maximum atomic E-state index is 13.7. The molecule has 0 fully saturated rings. The standard InChI is InChI=1S/C18H20Cl4NO4P/c1-4-26-28(24,27-5-2)18(23-16-7-6-11(19)9-14(16)21)13-8-12(20)10-15(22)17(13)25-3/h6-10,18,23H,4-5H2,1-3H3/t18-/m0/s1. The molecule has 0 aliphatic heterocycles. The van der Waals surface area contributed by atoms with Gasteiger partial charge in [-0.3, -0.25) is 4.57 Å². The minimum absolute atomic E-state index is 0.167. The van der Waals surface area contributed by atoms with Gasteiger partial charge in [0.2, 0.25) is 0 Å². The third kappa shape index (κ3) is 5.48. The van der Waals surface area contributed by atoms with E-state index in [-0.39, 0.29) is 18.2 Å². The second-order valence-electron chi connectivity index (χ2n) is 5.56. The van der Waals surface area contributed by atoms with Crippen LogP contribution in [0.1, 0.15) is 25.2 Å². The van der Waals surface area contributed by atoms with Gasteiger partial charge in [0.15, 0.2) is 5.78 Å². The monoisotopic (exact) mass is 485 g/mol. The maximum Gasteiger partial charge on any atom is 0.357 e. The first-order valence-corrected chi connectivity index (χ1v) is 11.5. The first-order valence-electron chi connectivity index (χ1n) is 8.39. The summed E-state index contributed by atoms with van der Waals surface area (Å²) in [6.07, 6.45) is 0. The zero-order chi connectivity index (χ0) is 20.9. The molecule has 1 atom stereocenters. The summed E-state index contributed by atoms with van der Waals surface area (Å²) in [5.41, 5.74) is 0.894. The molecule has 0 aromatic heterocycles. The van der Waals surface area contributed by atoms with Crippen LogP contribution in [0.25, 0.3) is 0 Å². The van der Waals surface area contributed by atoms with E-state index in [1.165, 1.54) is 13.2 Å². The Hall–Kier alpha value is -0.650. The zero-order valence-electron chi connectivity index (χ0n) is 15.5. The zero-order valence-corrected chi connectivity index (χ0v) is 19.4. The summed E-state index contributed by atoms with van der Waals surface area (Å²) in [6, 6.07) is 8.01. The Morgan fingerprint density at radius 1 is 0.964 bits per heavy atom. The summed E-state index contributed by atoms with van der Waals surface area (Å²) in [5, 5.41) is 4.54. The van der Waals surface area contributed by atoms with Gasteiger partial charge in [-0.05, 0) is 44.2 Å². The minimum Gasteiger partial charge on any atom is -0.495 e. The Balaban J connectivity index is 2.67. The van der Waals surface area contributed by atoms with Gasteiger partial charge < -0.3 is 19.1 Å². The van der Waals surface area contributed by atoms with Gasteiger partial charge in [-0.25, -0.2) is 0 Å². The van der Waals surface area contributed by atoms with Crippen LogP contribution in [-0.4, -0.2) is 20.3 Å². The third-order valence-corrected chi connectivity index (χ3v) is 7.02. The van der Waals surface area contributed by atoms with Crippen molar-refractivity contribution < 1.29 is 18.3 Å². The quantitative estimate of drug-likeness (QED) is 0.368. The van der Waals surface area contributed by atoms with Crippen molar-refractivity contribution in [3.05, 3.63) is 56.0 Å². The molecule has 1 N–H and O–H groups in total. The van der Waals surface area contributed by atoms with Crippen LogP contribution in [-0.2, 0) is 13.6 Å². The molecule has 0 radical (unpaired) electrons. The van der Waals surface area contributed by atoms with Crippen LogP contribution in [0.2, 0.25) is 20.1 Å². The molecule has 28 heavy (non-hydrogen) atoms. The summed E-state index contributed by atoms with van der Waals surface area (Å²) in [6.45, 7) is 3.78. The number of rotatable bonds is 9. The highest BCUT2D eigenvalue weighted by Gasteiger charge is 2.40. The molecule has 2 rings (SSSR count). The molecule has 10 heteroatoms. The number of nitrogens with one attached hydrogen (secondary N) is 1. The molecule has 0 amide bonds. The summed E-state index contributed by atoms with van der Waals surface area (Å²) in [7, 11) is -2.27. The molecule has 0 heterocycles. The van der Waals surface area contributed by atoms with Crippen LogP contribution >= 0.6 is 54.0 Å². The van der Waals surface area contributed by atoms with Crippen LogP contribution in [0.3, 0.4) is 0 Å². The summed E-state index contributed by atoms with van der Waals surface area (Å²) >= 11 is 24.8. The number of halogens is 4. The van der Waals surface area contributed by atoms with Gasteiger partial charge >= 0.3 is 7.60 Å². The number of ether oxygens (including phenoxy) is 1. The van der Waals surface area contributed by atoms with Crippen molar-refractivity contribution in [2.24, 2.45) is 0 Å². The molecule has 154 valence electrons. The van der Waals surface area contributed by atoms with Gasteiger partial charge in [-0.15, -0.1) is 0 Å². The molecule has 0 saturated carbocycles. The Morgan fingerprint density at radius 2 is 1.57 bits per heavy atom. The van der Waals surface area contributed by atoms with Gasteiger partial charge in [-0.1, -0.05) is 46.4 Å². The molecule has 0 bridgehead atoms. The molecule has 0 aliphatic carbocycles. The van der Waals surface area contributed by atoms with Crippen molar-refractivity contribution in [1.29, 1.82) is 0 Å². The fraction of sp³-hybridized carbons (Fsp3) is 0.333. The molecule has 2 aromatic carbocycles. The van der Waals surface area contributed by atoms with Crippen LogP contribution in [0.15, 0.2) is 30.3 Å². The van der Waals surface area contributed by atoms with E-state index in [0.717, 1.165) is 0 Å². The van der Waals surface area contributed by atoms with Crippen molar-refractivity contribution in [1.82, 2.24) is 0 Å². The highest BCUT2D eigenvalue weighted by atomic mass is 35.5. The van der Waals surface area contributed by atoms with Crippen molar-refractivity contribution in [3.63, 3.8) is 0 Å². The Labute approximate surface area is 184 Å². The molecular formula is C18H20Cl4NO4P. The normalized spacial score (nSPS) is 12.7. The molecule has 5 nitrogen and oxygen atoms in total. The predicted molar refractivity (Wildman–Crippen MR) is 117 cm³/mol. The highest BCUT2D eigenvalue weighted by Crippen LogP contribution is 2.63. The average Bonchev–Trinajstić information content (AvgIpc) is 2.60. The molecule has 0 aliphatic rings. The van der Waals surface area contributed by atoms with E-state index in [2.05, 4.69) is 5.32 Å². The highest BCUT2D eigenvalue weighted by molar-refractivity contribution is 7.54. The van der Waals surface area contributed by atoms with E-state index >= 15 is 0 Å². The fourth-order valence-electron chi connectivity index (χ4n) is 2.63. The number of hydrogen-bond acceptors (Lipinski definition) is 5. The van der Waals surface area contributed by atoms with Crippen LogP contribution in [0.5, 0.6) is 5.75 Å². The van der Waals surface area contributed by atoms with Crippen LogP contribution in [0.4, 0.5) is 5.69 Å². The van der Waals surface area contributed by atoms with E-state index in [1.54, 1.807) is 38.1 Å². The van der Waals surface area contributed by atoms with E-state index in [9.17, 15) is 4.57 Å². The van der Waals surface area contributed by atoms with E-state index < -0.39 is 13.4 Å². The van der Waals surface area contributed by atoms with E-state index in [4.69, 9.17) is 60.2 Å². The second-order valence-corrected chi connectivity index (χ2v) is 9.36. The summed E-state index contributed by atoms with van der Waals surface area (Å²) < 4.78 is 30.2. The number of anilines is 1. The lowest BCUT2D eigenvalue weighted by atomic mass is 10.2. The SMILES string of the molecule is CCOP(=O)(OCC)[C@H](Nc1ccc(Cl)cc1Cl)c1cc(Cl)cc(Cl)c1OC. The number of methoxy groups -OCH3 is 1. The molecule has 2 aromatic rings. The van der Waals surface area contributed by atoms with Crippen molar-refractivity contribution in [2.45, 2.75) is 19.6 Å².